The summed E-state index contributed by atoms with van der Waals surface area (Å²) in [6.45, 7) is 5.32. The lowest BCUT2D eigenvalue weighted by Gasteiger charge is -2.26. The summed E-state index contributed by atoms with van der Waals surface area (Å²) in [5.41, 5.74) is 0.906. The average Bonchev–Trinajstić information content (AvgIpc) is 2.52. The maximum absolute atomic E-state index is 13.7. The van der Waals surface area contributed by atoms with Gasteiger partial charge in [-0.05, 0) is 44.2 Å². The van der Waals surface area contributed by atoms with Crippen molar-refractivity contribution in [1.29, 1.82) is 0 Å². The van der Waals surface area contributed by atoms with Crippen LogP contribution in [0.2, 0.25) is 0 Å². The van der Waals surface area contributed by atoms with Crippen molar-refractivity contribution in [2.24, 2.45) is 5.92 Å². The van der Waals surface area contributed by atoms with Gasteiger partial charge >= 0.3 is 5.97 Å². The van der Waals surface area contributed by atoms with Gasteiger partial charge in [-0.15, -0.1) is 0 Å². The molecule has 6 heteroatoms. The molecule has 23 heavy (non-hydrogen) atoms. The first kappa shape index (κ1) is 17.8. The molecular formula is C17H25FN2O3. The molecule has 1 aromatic heterocycles. The minimum Gasteiger partial charge on any atom is -0.480 e. The molecule has 2 atom stereocenters. The van der Waals surface area contributed by atoms with E-state index in [1.54, 1.807) is 0 Å². The SMILES string of the molecule is CC(C)CCNC(C(=O)O)c1cc(F)cnc1C1CCCCO1. The molecule has 1 aliphatic heterocycles. The highest BCUT2D eigenvalue weighted by Crippen LogP contribution is 2.31. The minimum absolute atomic E-state index is 0.256. The van der Waals surface area contributed by atoms with E-state index in [1.807, 2.05) is 0 Å². The largest absolute Gasteiger partial charge is 0.480 e. The number of carboxylic acids is 1. The summed E-state index contributed by atoms with van der Waals surface area (Å²) in [7, 11) is 0. The van der Waals surface area contributed by atoms with E-state index in [0.717, 1.165) is 31.9 Å². The van der Waals surface area contributed by atoms with Crippen LogP contribution in [-0.2, 0) is 9.53 Å². The molecule has 128 valence electrons. The van der Waals surface area contributed by atoms with Crippen LogP contribution in [0, 0.1) is 11.7 Å². The van der Waals surface area contributed by atoms with Crippen molar-refractivity contribution in [3.05, 3.63) is 29.3 Å². The molecule has 1 fully saturated rings. The standard InChI is InChI=1S/C17H25FN2O3/c1-11(2)6-7-19-16(17(21)22)13-9-12(18)10-20-15(13)14-5-3-4-8-23-14/h9-11,14,16,19H,3-8H2,1-2H3,(H,21,22). The van der Waals surface area contributed by atoms with Crippen molar-refractivity contribution in [3.63, 3.8) is 0 Å². The smallest absolute Gasteiger partial charge is 0.325 e. The molecule has 2 heterocycles. The number of nitrogens with zero attached hydrogens (tertiary/aromatic N) is 1. The van der Waals surface area contributed by atoms with Crippen LogP contribution in [0.5, 0.6) is 0 Å². The lowest BCUT2D eigenvalue weighted by Crippen LogP contribution is -2.32. The van der Waals surface area contributed by atoms with E-state index in [4.69, 9.17) is 4.74 Å². The number of ether oxygens (including phenoxy) is 1. The van der Waals surface area contributed by atoms with Crippen LogP contribution in [0.4, 0.5) is 4.39 Å². The van der Waals surface area contributed by atoms with Gasteiger partial charge in [0.2, 0.25) is 0 Å². The summed E-state index contributed by atoms with van der Waals surface area (Å²) in [5.74, 6) is -1.10. The zero-order chi connectivity index (χ0) is 16.8. The first-order chi connectivity index (χ1) is 11.0. The summed E-state index contributed by atoms with van der Waals surface area (Å²) in [6, 6.07) is 0.291. The number of aromatic nitrogens is 1. The normalized spacial score (nSPS) is 19.7. The fourth-order valence-corrected chi connectivity index (χ4v) is 2.77. The van der Waals surface area contributed by atoms with Gasteiger partial charge in [-0.1, -0.05) is 13.8 Å². The Morgan fingerprint density at radius 1 is 1.52 bits per heavy atom. The third-order valence-corrected chi connectivity index (χ3v) is 4.03. The van der Waals surface area contributed by atoms with E-state index >= 15 is 0 Å². The number of nitrogens with one attached hydrogen (secondary N) is 1. The second kappa shape index (κ2) is 8.36. The summed E-state index contributed by atoms with van der Waals surface area (Å²) < 4.78 is 19.4. The molecule has 0 radical (unpaired) electrons. The van der Waals surface area contributed by atoms with Gasteiger partial charge in [0, 0.05) is 12.2 Å². The average molecular weight is 324 g/mol. The first-order valence-electron chi connectivity index (χ1n) is 8.22. The summed E-state index contributed by atoms with van der Waals surface area (Å²) >= 11 is 0. The highest BCUT2D eigenvalue weighted by atomic mass is 19.1. The van der Waals surface area contributed by atoms with Crippen LogP contribution >= 0.6 is 0 Å². The Balaban J connectivity index is 2.25. The highest BCUT2D eigenvalue weighted by Gasteiger charge is 2.28. The maximum atomic E-state index is 13.7. The molecule has 2 N–H and O–H groups in total. The molecule has 0 bridgehead atoms. The lowest BCUT2D eigenvalue weighted by atomic mass is 9.97. The Hall–Kier alpha value is -1.53. The monoisotopic (exact) mass is 324 g/mol. The number of aliphatic carboxylic acids is 1. The van der Waals surface area contributed by atoms with Gasteiger partial charge < -0.3 is 15.2 Å². The van der Waals surface area contributed by atoms with E-state index in [-0.39, 0.29) is 6.10 Å². The Bertz CT molecular complexity index is 531. The quantitative estimate of drug-likeness (QED) is 0.806. The van der Waals surface area contributed by atoms with Crippen molar-refractivity contribution < 1.29 is 19.0 Å². The fourth-order valence-electron chi connectivity index (χ4n) is 2.77. The number of halogens is 1. The first-order valence-corrected chi connectivity index (χ1v) is 8.22. The van der Waals surface area contributed by atoms with Crippen LogP contribution in [-0.4, -0.2) is 29.2 Å². The second-order valence-corrected chi connectivity index (χ2v) is 6.39. The van der Waals surface area contributed by atoms with Gasteiger partial charge in [0.25, 0.3) is 0 Å². The molecule has 2 rings (SSSR count). The Morgan fingerprint density at radius 3 is 2.91 bits per heavy atom. The third-order valence-electron chi connectivity index (χ3n) is 4.03. The van der Waals surface area contributed by atoms with Crippen LogP contribution in [0.25, 0.3) is 0 Å². The van der Waals surface area contributed by atoms with Gasteiger partial charge in [-0.25, -0.2) is 4.39 Å². The Morgan fingerprint density at radius 2 is 2.30 bits per heavy atom. The fraction of sp³-hybridized carbons (Fsp3) is 0.647. The molecule has 0 aromatic carbocycles. The van der Waals surface area contributed by atoms with Crippen LogP contribution in [0.3, 0.4) is 0 Å². The number of pyridine rings is 1. The van der Waals surface area contributed by atoms with Crippen molar-refractivity contribution in [1.82, 2.24) is 10.3 Å². The molecular weight excluding hydrogens is 299 g/mol. The predicted molar refractivity (Wildman–Crippen MR) is 84.6 cm³/mol. The molecule has 0 saturated carbocycles. The van der Waals surface area contributed by atoms with E-state index in [1.165, 1.54) is 6.07 Å². The second-order valence-electron chi connectivity index (χ2n) is 6.39. The summed E-state index contributed by atoms with van der Waals surface area (Å²) in [6.07, 6.45) is 4.49. The number of hydrogen-bond acceptors (Lipinski definition) is 4. The molecule has 0 amide bonds. The van der Waals surface area contributed by atoms with Crippen molar-refractivity contribution in [3.8, 4) is 0 Å². The molecule has 1 aromatic rings. The lowest BCUT2D eigenvalue weighted by molar-refractivity contribution is -0.139. The summed E-state index contributed by atoms with van der Waals surface area (Å²) in [4.78, 5) is 15.8. The van der Waals surface area contributed by atoms with Crippen molar-refractivity contribution in [2.45, 2.75) is 51.7 Å². The summed E-state index contributed by atoms with van der Waals surface area (Å²) in [5, 5.41) is 12.6. The number of hydrogen-bond donors (Lipinski definition) is 2. The van der Waals surface area contributed by atoms with Crippen LogP contribution in [0.15, 0.2) is 12.3 Å². The van der Waals surface area contributed by atoms with E-state index in [2.05, 4.69) is 24.1 Å². The topological polar surface area (TPSA) is 71.5 Å². The van der Waals surface area contributed by atoms with E-state index in [9.17, 15) is 14.3 Å². The van der Waals surface area contributed by atoms with Gasteiger partial charge in [-0.3, -0.25) is 9.78 Å². The van der Waals surface area contributed by atoms with Gasteiger partial charge in [0.05, 0.1) is 18.0 Å². The van der Waals surface area contributed by atoms with E-state index < -0.39 is 17.8 Å². The van der Waals surface area contributed by atoms with Gasteiger partial charge in [0.15, 0.2) is 0 Å². The molecule has 0 aliphatic carbocycles. The van der Waals surface area contributed by atoms with Crippen LogP contribution < -0.4 is 5.32 Å². The predicted octanol–water partition coefficient (Wildman–Crippen LogP) is 3.22. The zero-order valence-corrected chi connectivity index (χ0v) is 13.7. The number of carbonyl (C=O) groups is 1. The van der Waals surface area contributed by atoms with Gasteiger partial charge in [-0.2, -0.15) is 0 Å². The van der Waals surface area contributed by atoms with Gasteiger partial charge in [0.1, 0.15) is 11.9 Å². The van der Waals surface area contributed by atoms with Crippen LogP contribution in [0.1, 0.15) is 62.9 Å². The third kappa shape index (κ3) is 4.97. The molecule has 2 unspecified atom stereocenters. The number of rotatable bonds is 7. The molecule has 1 saturated heterocycles. The maximum Gasteiger partial charge on any atom is 0.325 e. The number of carboxylic acid groups (broad SMARTS) is 1. The Kier molecular flexibility index (Phi) is 6.47. The van der Waals surface area contributed by atoms with E-state index in [0.29, 0.717) is 30.3 Å². The highest BCUT2D eigenvalue weighted by molar-refractivity contribution is 5.76. The zero-order valence-electron chi connectivity index (χ0n) is 13.7. The molecule has 0 spiro atoms. The Labute approximate surface area is 136 Å². The van der Waals surface area contributed by atoms with Crippen molar-refractivity contribution in [2.75, 3.05) is 13.2 Å². The van der Waals surface area contributed by atoms with Crippen molar-refractivity contribution >= 4 is 5.97 Å². The molecule has 5 nitrogen and oxygen atoms in total. The minimum atomic E-state index is -1.03. The molecule has 1 aliphatic rings.